The van der Waals surface area contributed by atoms with Gasteiger partial charge < -0.3 is 19.5 Å². The highest BCUT2D eigenvalue weighted by Gasteiger charge is 2.34. The monoisotopic (exact) mass is 290 g/mol. The van der Waals surface area contributed by atoms with Crippen molar-refractivity contribution in [2.45, 2.75) is 12.7 Å². The molecule has 1 aromatic rings. The van der Waals surface area contributed by atoms with Crippen LogP contribution in [-0.4, -0.2) is 29.9 Å². The number of hydrogen-bond acceptors (Lipinski definition) is 4. The van der Waals surface area contributed by atoms with Crippen molar-refractivity contribution in [3.63, 3.8) is 0 Å². The lowest BCUT2D eigenvalue weighted by atomic mass is 9.80. The molecule has 0 atom stereocenters. The Labute approximate surface area is 102 Å². The van der Waals surface area contributed by atoms with E-state index in [1.165, 1.54) is 0 Å². The molecule has 19 heavy (non-hydrogen) atoms. The summed E-state index contributed by atoms with van der Waals surface area (Å²) >= 11 is 0. The van der Waals surface area contributed by atoms with Gasteiger partial charge in [0.15, 0.2) is 0 Å². The zero-order valence-electron chi connectivity index (χ0n) is 8.79. The van der Waals surface area contributed by atoms with Crippen LogP contribution in [0, 0.1) is 0 Å². The fraction of sp³-hybridized carbons (Fsp3) is 0.250. The second-order valence-electron chi connectivity index (χ2n) is 3.21. The van der Waals surface area contributed by atoms with Gasteiger partial charge in [0.2, 0.25) is 0 Å². The van der Waals surface area contributed by atoms with E-state index in [0.29, 0.717) is 18.2 Å². The molecule has 0 fully saturated rings. The zero-order valence-corrected chi connectivity index (χ0v) is 8.79. The fourth-order valence-electron chi connectivity index (χ4n) is 1.13. The Morgan fingerprint density at radius 3 is 1.42 bits per heavy atom. The molecule has 0 aliphatic carbocycles. The normalized spacial score (nSPS) is 12.2. The van der Waals surface area contributed by atoms with Gasteiger partial charge in [-0.2, -0.15) is 0 Å². The van der Waals surface area contributed by atoms with Crippen LogP contribution in [0.2, 0.25) is 0 Å². The molecule has 0 saturated carbocycles. The summed E-state index contributed by atoms with van der Waals surface area (Å²) in [6.45, 7) is 0. The standard InChI is InChI=1S/C8H5BF6O4/c10-7(11,12)18-5-1-4(9(16)17)2-6(3-5)19-8(13,14)15/h1-3,16-17H. The molecule has 1 rings (SSSR count). The molecule has 0 aliphatic rings. The van der Waals surface area contributed by atoms with Crippen molar-refractivity contribution < 1.29 is 45.9 Å². The van der Waals surface area contributed by atoms with E-state index in [9.17, 15) is 26.3 Å². The van der Waals surface area contributed by atoms with Crippen molar-refractivity contribution >= 4 is 12.6 Å². The maximum Gasteiger partial charge on any atom is 0.573 e. The topological polar surface area (TPSA) is 58.9 Å². The molecular formula is C8H5BF6O4. The number of rotatable bonds is 3. The van der Waals surface area contributed by atoms with E-state index in [4.69, 9.17) is 10.0 Å². The first kappa shape index (κ1) is 15.4. The molecule has 11 heteroatoms. The van der Waals surface area contributed by atoms with Crippen LogP contribution >= 0.6 is 0 Å². The highest BCUT2D eigenvalue weighted by molar-refractivity contribution is 6.58. The predicted molar refractivity (Wildman–Crippen MR) is 49.6 cm³/mol. The van der Waals surface area contributed by atoms with Gasteiger partial charge in [-0.05, 0) is 17.6 Å². The van der Waals surface area contributed by atoms with Gasteiger partial charge in [0.1, 0.15) is 11.5 Å². The molecular weight excluding hydrogens is 285 g/mol. The third kappa shape index (κ3) is 5.70. The van der Waals surface area contributed by atoms with Gasteiger partial charge in [-0.25, -0.2) is 0 Å². The number of ether oxygens (including phenoxy) is 2. The quantitative estimate of drug-likeness (QED) is 0.648. The molecule has 0 unspecified atom stereocenters. The van der Waals surface area contributed by atoms with Gasteiger partial charge in [0, 0.05) is 6.07 Å². The van der Waals surface area contributed by atoms with Crippen LogP contribution in [-0.2, 0) is 0 Å². The largest absolute Gasteiger partial charge is 0.573 e. The van der Waals surface area contributed by atoms with Crippen LogP contribution in [0.1, 0.15) is 0 Å². The van der Waals surface area contributed by atoms with Gasteiger partial charge in [-0.1, -0.05) is 0 Å². The van der Waals surface area contributed by atoms with Crippen molar-refractivity contribution in [2.75, 3.05) is 0 Å². The van der Waals surface area contributed by atoms with E-state index in [1.807, 2.05) is 0 Å². The molecule has 0 aromatic heterocycles. The Morgan fingerprint density at radius 2 is 1.16 bits per heavy atom. The maximum absolute atomic E-state index is 11.9. The van der Waals surface area contributed by atoms with Gasteiger partial charge in [-0.3, -0.25) is 0 Å². The summed E-state index contributed by atoms with van der Waals surface area (Å²) in [5.41, 5.74) is -0.652. The van der Waals surface area contributed by atoms with Crippen molar-refractivity contribution in [1.82, 2.24) is 0 Å². The van der Waals surface area contributed by atoms with Crippen molar-refractivity contribution in [3.8, 4) is 11.5 Å². The molecule has 4 nitrogen and oxygen atoms in total. The maximum atomic E-state index is 11.9. The molecule has 0 aliphatic heterocycles. The molecule has 1 aromatic carbocycles. The van der Waals surface area contributed by atoms with E-state index >= 15 is 0 Å². The SMILES string of the molecule is OB(O)c1cc(OC(F)(F)F)cc(OC(F)(F)F)c1. The average Bonchev–Trinajstić information content (AvgIpc) is 2.10. The van der Waals surface area contributed by atoms with E-state index in [1.54, 1.807) is 0 Å². The highest BCUT2D eigenvalue weighted by Crippen LogP contribution is 2.28. The van der Waals surface area contributed by atoms with Crippen molar-refractivity contribution in [2.24, 2.45) is 0 Å². The lowest BCUT2D eigenvalue weighted by Gasteiger charge is -2.14. The molecule has 0 radical (unpaired) electrons. The minimum atomic E-state index is -5.14. The Morgan fingerprint density at radius 1 is 0.789 bits per heavy atom. The summed E-state index contributed by atoms with van der Waals surface area (Å²) in [6.07, 6.45) is -10.3. The lowest BCUT2D eigenvalue weighted by Crippen LogP contribution is -2.31. The first-order chi connectivity index (χ1) is 8.46. The molecule has 0 heterocycles. The lowest BCUT2D eigenvalue weighted by molar-refractivity contribution is -0.276. The molecule has 106 valence electrons. The Kier molecular flexibility index (Phi) is 4.20. The summed E-state index contributed by atoms with van der Waals surface area (Å²) in [7, 11) is -2.28. The Hall–Kier alpha value is -1.62. The second kappa shape index (κ2) is 5.17. The fourth-order valence-corrected chi connectivity index (χ4v) is 1.13. The van der Waals surface area contributed by atoms with Gasteiger partial charge in [0.25, 0.3) is 0 Å². The third-order valence-electron chi connectivity index (χ3n) is 1.67. The summed E-state index contributed by atoms with van der Waals surface area (Å²) in [5, 5.41) is 17.5. The highest BCUT2D eigenvalue weighted by atomic mass is 19.4. The van der Waals surface area contributed by atoms with Crippen LogP contribution in [0.5, 0.6) is 11.5 Å². The van der Waals surface area contributed by atoms with Crippen LogP contribution in [0.15, 0.2) is 18.2 Å². The van der Waals surface area contributed by atoms with Crippen LogP contribution in [0.25, 0.3) is 0 Å². The van der Waals surface area contributed by atoms with Crippen LogP contribution in [0.4, 0.5) is 26.3 Å². The predicted octanol–water partition coefficient (Wildman–Crippen LogP) is 1.16. The van der Waals surface area contributed by atoms with Gasteiger partial charge >= 0.3 is 19.8 Å². The molecule has 0 amide bonds. The minimum Gasteiger partial charge on any atom is -0.423 e. The number of hydrogen-bond donors (Lipinski definition) is 2. The summed E-state index contributed by atoms with van der Waals surface area (Å²) < 4.78 is 78.4. The average molecular weight is 290 g/mol. The van der Waals surface area contributed by atoms with Gasteiger partial charge in [-0.15, -0.1) is 26.3 Å². The van der Waals surface area contributed by atoms with E-state index in [0.717, 1.165) is 0 Å². The number of halogens is 6. The third-order valence-corrected chi connectivity index (χ3v) is 1.67. The van der Waals surface area contributed by atoms with Crippen molar-refractivity contribution in [3.05, 3.63) is 18.2 Å². The summed E-state index contributed by atoms with van der Waals surface area (Å²) in [4.78, 5) is 0. The first-order valence-corrected chi connectivity index (χ1v) is 4.49. The molecule has 0 bridgehead atoms. The summed E-state index contributed by atoms with van der Waals surface area (Å²) in [5.74, 6) is -2.14. The second-order valence-corrected chi connectivity index (χ2v) is 3.21. The van der Waals surface area contributed by atoms with Crippen LogP contribution < -0.4 is 14.9 Å². The molecule has 2 N–H and O–H groups in total. The van der Waals surface area contributed by atoms with E-state index < -0.39 is 36.8 Å². The number of benzene rings is 1. The smallest absolute Gasteiger partial charge is 0.423 e. The minimum absolute atomic E-state index is 0.312. The van der Waals surface area contributed by atoms with Crippen LogP contribution in [0.3, 0.4) is 0 Å². The number of alkyl halides is 6. The molecule has 0 saturated heterocycles. The summed E-state index contributed by atoms with van der Waals surface area (Å²) in [6, 6.07) is 1.34. The molecule has 0 spiro atoms. The van der Waals surface area contributed by atoms with Gasteiger partial charge in [0.05, 0.1) is 0 Å². The zero-order chi connectivity index (χ0) is 14.8. The first-order valence-electron chi connectivity index (χ1n) is 4.49. The van der Waals surface area contributed by atoms with E-state index in [2.05, 4.69) is 9.47 Å². The van der Waals surface area contributed by atoms with E-state index in [-0.39, 0.29) is 0 Å². The Balaban J connectivity index is 3.11. The Bertz CT molecular complexity index is 410. The van der Waals surface area contributed by atoms with Crippen molar-refractivity contribution in [1.29, 1.82) is 0 Å².